The van der Waals surface area contributed by atoms with Gasteiger partial charge in [-0.3, -0.25) is 0 Å². The Morgan fingerprint density at radius 3 is 2.45 bits per heavy atom. The zero-order valence-corrected chi connectivity index (χ0v) is 16.7. The van der Waals surface area contributed by atoms with Gasteiger partial charge in [0.2, 0.25) is 0 Å². The van der Waals surface area contributed by atoms with E-state index in [1.54, 1.807) is 6.33 Å². The maximum atomic E-state index is 4.40. The van der Waals surface area contributed by atoms with Crippen LogP contribution in [0.2, 0.25) is 0 Å². The molecule has 0 radical (unpaired) electrons. The lowest BCUT2D eigenvalue weighted by molar-refractivity contribution is 1.13. The van der Waals surface area contributed by atoms with Crippen molar-refractivity contribution in [1.29, 1.82) is 0 Å². The maximum absolute atomic E-state index is 4.40. The largest absolute Gasteiger partial charge is 0.380 e. The van der Waals surface area contributed by atoms with Crippen molar-refractivity contribution in [3.63, 3.8) is 0 Å². The third-order valence-electron chi connectivity index (χ3n) is 4.90. The highest BCUT2D eigenvalue weighted by molar-refractivity contribution is 5.96. The molecular weight excluding hydrogens is 356 g/mol. The normalized spacial score (nSPS) is 11.1. The summed E-state index contributed by atoms with van der Waals surface area (Å²) in [6.07, 6.45) is 7.74. The van der Waals surface area contributed by atoms with Crippen molar-refractivity contribution in [2.24, 2.45) is 0 Å². The lowest BCUT2D eigenvalue weighted by Crippen LogP contribution is -2.07. The average Bonchev–Trinajstić information content (AvgIpc) is 2.77. The molecule has 0 bridgehead atoms. The summed E-state index contributed by atoms with van der Waals surface area (Å²) in [7, 11) is 4.10. The van der Waals surface area contributed by atoms with Gasteiger partial charge < -0.3 is 10.2 Å². The van der Waals surface area contributed by atoms with Gasteiger partial charge in [-0.25, -0.2) is 9.97 Å². The van der Waals surface area contributed by atoms with Gasteiger partial charge in [0.25, 0.3) is 0 Å². The number of hydrogen-bond donors (Lipinski definition) is 1. The lowest BCUT2D eigenvalue weighted by Gasteiger charge is -2.13. The minimum Gasteiger partial charge on any atom is -0.380 e. The van der Waals surface area contributed by atoms with Crippen molar-refractivity contribution < 1.29 is 0 Å². The Balaban J connectivity index is 1.65. The smallest absolute Gasteiger partial charge is 0.116 e. The molecule has 0 saturated heterocycles. The number of hydrogen-bond acceptors (Lipinski definition) is 4. The summed E-state index contributed by atoms with van der Waals surface area (Å²) in [4.78, 5) is 10.7. The minimum absolute atomic E-state index is 0.743. The summed E-state index contributed by atoms with van der Waals surface area (Å²) in [5, 5.41) is 4.62. The maximum Gasteiger partial charge on any atom is 0.116 e. The molecule has 0 atom stereocenters. The molecule has 0 saturated carbocycles. The quantitative estimate of drug-likeness (QED) is 0.450. The van der Waals surface area contributed by atoms with Crippen LogP contribution in [-0.2, 0) is 6.54 Å². The fourth-order valence-electron chi connectivity index (χ4n) is 3.26. The summed E-state index contributed by atoms with van der Waals surface area (Å²) in [5.74, 6) is 0. The summed E-state index contributed by atoms with van der Waals surface area (Å²) >= 11 is 0. The molecule has 4 heteroatoms. The molecule has 144 valence electrons. The second-order valence-electron chi connectivity index (χ2n) is 7.14. The van der Waals surface area contributed by atoms with Gasteiger partial charge in [0.05, 0.1) is 11.2 Å². The van der Waals surface area contributed by atoms with E-state index in [4.69, 9.17) is 0 Å². The zero-order chi connectivity index (χ0) is 20.1. The molecule has 0 aliphatic carbocycles. The van der Waals surface area contributed by atoms with Crippen LogP contribution in [-0.4, -0.2) is 24.1 Å². The molecule has 0 aliphatic rings. The molecule has 0 spiro atoms. The number of fused-ring (bicyclic) bond motifs is 1. The Labute approximate surface area is 171 Å². The monoisotopic (exact) mass is 380 g/mol. The first-order valence-corrected chi connectivity index (χ1v) is 9.67. The molecule has 4 aromatic rings. The molecule has 0 amide bonds. The van der Waals surface area contributed by atoms with Gasteiger partial charge in [-0.15, -0.1) is 0 Å². The fraction of sp³-hybridized carbons (Fsp3) is 0.120. The highest BCUT2D eigenvalue weighted by atomic mass is 15.1. The minimum atomic E-state index is 0.743. The standard InChI is InChI=1S/C25H24N4/c1-29(2)22-13-9-19(10-14-22)8-11-21-12-15-24-23(17-26-18-28-24)25(21)27-16-20-6-4-3-5-7-20/h3-15,17-18,27H,16H2,1-2H3/b11-8+. The molecule has 29 heavy (non-hydrogen) atoms. The molecule has 0 unspecified atom stereocenters. The van der Waals surface area contributed by atoms with E-state index >= 15 is 0 Å². The molecule has 4 nitrogen and oxygen atoms in total. The Morgan fingerprint density at radius 2 is 1.69 bits per heavy atom. The van der Waals surface area contributed by atoms with E-state index in [0.29, 0.717) is 0 Å². The van der Waals surface area contributed by atoms with E-state index in [2.05, 4.69) is 86.9 Å². The second-order valence-corrected chi connectivity index (χ2v) is 7.14. The van der Waals surface area contributed by atoms with E-state index in [0.717, 1.165) is 34.3 Å². The van der Waals surface area contributed by atoms with E-state index in [1.807, 2.05) is 32.4 Å². The Morgan fingerprint density at radius 1 is 0.897 bits per heavy atom. The summed E-state index contributed by atoms with van der Waals surface area (Å²) in [6.45, 7) is 0.743. The predicted octanol–water partition coefficient (Wildman–Crippen LogP) is 5.48. The van der Waals surface area contributed by atoms with Crippen LogP contribution in [0.4, 0.5) is 11.4 Å². The first kappa shape index (κ1) is 18.7. The van der Waals surface area contributed by atoms with Crippen LogP contribution in [0.1, 0.15) is 16.7 Å². The van der Waals surface area contributed by atoms with Gasteiger partial charge in [0.1, 0.15) is 6.33 Å². The summed E-state index contributed by atoms with van der Waals surface area (Å²) in [5.41, 5.74) is 6.68. The van der Waals surface area contributed by atoms with Crippen molar-refractivity contribution in [2.45, 2.75) is 6.54 Å². The number of aromatic nitrogens is 2. The third kappa shape index (κ3) is 4.43. The molecule has 3 aromatic carbocycles. The highest BCUT2D eigenvalue weighted by Crippen LogP contribution is 2.28. The molecule has 1 aromatic heterocycles. The molecule has 4 rings (SSSR count). The van der Waals surface area contributed by atoms with Gasteiger partial charge in [0.15, 0.2) is 0 Å². The van der Waals surface area contributed by atoms with Crippen molar-refractivity contribution >= 4 is 34.4 Å². The molecule has 1 heterocycles. The van der Waals surface area contributed by atoms with Crippen molar-refractivity contribution in [3.8, 4) is 0 Å². The van der Waals surface area contributed by atoms with Crippen LogP contribution in [0.3, 0.4) is 0 Å². The average molecular weight is 380 g/mol. The Hall–Kier alpha value is -3.66. The number of rotatable bonds is 6. The Bertz CT molecular complexity index is 1120. The number of benzene rings is 3. The van der Waals surface area contributed by atoms with Gasteiger partial charge in [0, 0.05) is 37.9 Å². The van der Waals surface area contributed by atoms with Crippen LogP contribution in [0.25, 0.3) is 23.1 Å². The van der Waals surface area contributed by atoms with Crippen LogP contribution in [0, 0.1) is 0 Å². The van der Waals surface area contributed by atoms with E-state index in [9.17, 15) is 0 Å². The van der Waals surface area contributed by atoms with Crippen molar-refractivity contribution in [3.05, 3.63) is 95.9 Å². The van der Waals surface area contributed by atoms with Gasteiger partial charge >= 0.3 is 0 Å². The van der Waals surface area contributed by atoms with Gasteiger partial charge in [-0.2, -0.15) is 0 Å². The second kappa shape index (κ2) is 8.57. The first-order valence-electron chi connectivity index (χ1n) is 9.67. The first-order chi connectivity index (χ1) is 14.2. The van der Waals surface area contributed by atoms with Crippen LogP contribution in [0.5, 0.6) is 0 Å². The van der Waals surface area contributed by atoms with Crippen LogP contribution < -0.4 is 10.2 Å². The molecule has 0 fully saturated rings. The summed E-state index contributed by atoms with van der Waals surface area (Å²) < 4.78 is 0. The highest BCUT2D eigenvalue weighted by Gasteiger charge is 2.07. The number of nitrogens with one attached hydrogen (secondary N) is 1. The van der Waals surface area contributed by atoms with Crippen LogP contribution >= 0.6 is 0 Å². The van der Waals surface area contributed by atoms with Gasteiger partial charge in [-0.05, 0) is 34.9 Å². The van der Waals surface area contributed by atoms with Crippen LogP contribution in [0.15, 0.2) is 79.3 Å². The Kier molecular flexibility index (Phi) is 5.52. The molecule has 0 aliphatic heterocycles. The van der Waals surface area contributed by atoms with Gasteiger partial charge in [-0.1, -0.05) is 60.7 Å². The number of nitrogens with zero attached hydrogens (tertiary/aromatic N) is 3. The topological polar surface area (TPSA) is 41.1 Å². The SMILES string of the molecule is CN(C)c1ccc(/C=C/c2ccc3ncncc3c2NCc2ccccc2)cc1. The van der Waals surface area contributed by atoms with Crippen molar-refractivity contribution in [2.75, 3.05) is 24.3 Å². The molecular formula is C25H24N4. The van der Waals surface area contributed by atoms with Crippen molar-refractivity contribution in [1.82, 2.24) is 9.97 Å². The predicted molar refractivity (Wildman–Crippen MR) is 123 cm³/mol. The fourth-order valence-corrected chi connectivity index (χ4v) is 3.26. The van der Waals surface area contributed by atoms with E-state index in [-0.39, 0.29) is 0 Å². The summed E-state index contributed by atoms with van der Waals surface area (Å²) in [6, 6.07) is 23.1. The number of anilines is 2. The molecule has 1 N–H and O–H groups in total. The van der Waals surface area contributed by atoms with E-state index in [1.165, 1.54) is 11.3 Å². The zero-order valence-electron chi connectivity index (χ0n) is 16.7. The lowest BCUT2D eigenvalue weighted by atomic mass is 10.1. The third-order valence-corrected chi connectivity index (χ3v) is 4.90. The van der Waals surface area contributed by atoms with E-state index < -0.39 is 0 Å².